The van der Waals surface area contributed by atoms with Gasteiger partial charge in [-0.25, -0.2) is 0 Å². The van der Waals surface area contributed by atoms with Crippen LogP contribution in [0.25, 0.3) is 0 Å². The number of benzene rings is 1. The van der Waals surface area contributed by atoms with Crippen molar-refractivity contribution in [1.82, 2.24) is 19.6 Å². The van der Waals surface area contributed by atoms with Gasteiger partial charge < -0.3 is 19.9 Å². The summed E-state index contributed by atoms with van der Waals surface area (Å²) in [5.41, 5.74) is 3.95. The van der Waals surface area contributed by atoms with Crippen LogP contribution in [0.15, 0.2) is 24.3 Å². The molecule has 3 amide bonds. The smallest absolute Gasteiger partial charge is 0.274 e. The van der Waals surface area contributed by atoms with Crippen LogP contribution in [0.5, 0.6) is 0 Å². The number of methoxy groups -OCH3 is 1. The molecule has 1 atom stereocenters. The zero-order chi connectivity index (χ0) is 23.5. The summed E-state index contributed by atoms with van der Waals surface area (Å²) in [4.78, 5) is 42.1. The van der Waals surface area contributed by atoms with Crippen LogP contribution in [0.3, 0.4) is 0 Å². The molecule has 1 aromatic heterocycles. The quantitative estimate of drug-likeness (QED) is 0.744. The van der Waals surface area contributed by atoms with Crippen LogP contribution >= 0.6 is 0 Å². The molecule has 1 N–H and O–H groups in total. The number of aryl methyl sites for hydroxylation is 2. The first-order chi connectivity index (χ1) is 15.9. The lowest BCUT2D eigenvalue weighted by molar-refractivity contribution is -0.136. The van der Waals surface area contributed by atoms with E-state index in [4.69, 9.17) is 4.74 Å². The summed E-state index contributed by atoms with van der Waals surface area (Å²) in [6.07, 6.45) is 2.13. The summed E-state index contributed by atoms with van der Waals surface area (Å²) in [7, 11) is 3.32. The number of para-hydroxylation sites is 1. The standard InChI is InChI=1S/C24H31N5O4/c1-16-7-4-5-9-19(16)25-23(31)17-8-6-11-29(13-17)24(32)22-18-14-28(21(30)15-33-3)12-10-20(18)27(2)26-22/h4-5,7,9,17H,6,8,10-15H2,1-3H3,(H,25,31). The van der Waals surface area contributed by atoms with Gasteiger partial charge in [-0.1, -0.05) is 18.2 Å². The number of likely N-dealkylation sites (tertiary alicyclic amines) is 1. The first-order valence-corrected chi connectivity index (χ1v) is 11.4. The number of carbonyl (C=O) groups excluding carboxylic acids is 3. The van der Waals surface area contributed by atoms with Crippen molar-refractivity contribution < 1.29 is 19.1 Å². The number of rotatable bonds is 5. The van der Waals surface area contributed by atoms with E-state index in [0.29, 0.717) is 38.3 Å². The van der Waals surface area contributed by atoms with Crippen molar-refractivity contribution in [1.29, 1.82) is 0 Å². The molecule has 9 heteroatoms. The van der Waals surface area contributed by atoms with Crippen LogP contribution in [-0.4, -0.2) is 70.7 Å². The van der Waals surface area contributed by atoms with Gasteiger partial charge in [-0.15, -0.1) is 0 Å². The highest BCUT2D eigenvalue weighted by molar-refractivity contribution is 5.96. The third-order valence-corrected chi connectivity index (χ3v) is 6.55. The van der Waals surface area contributed by atoms with E-state index in [0.717, 1.165) is 35.3 Å². The Hall–Kier alpha value is -3.20. The zero-order valence-corrected chi connectivity index (χ0v) is 19.5. The Morgan fingerprint density at radius 3 is 2.73 bits per heavy atom. The molecule has 9 nitrogen and oxygen atoms in total. The summed E-state index contributed by atoms with van der Waals surface area (Å²) >= 11 is 0. The normalized spacial score (nSPS) is 18.1. The number of ether oxygens (including phenoxy) is 1. The highest BCUT2D eigenvalue weighted by Crippen LogP contribution is 2.26. The Balaban J connectivity index is 1.48. The molecule has 1 aromatic carbocycles. The maximum absolute atomic E-state index is 13.5. The predicted molar refractivity (Wildman–Crippen MR) is 123 cm³/mol. The number of amides is 3. The number of piperidine rings is 1. The largest absolute Gasteiger partial charge is 0.375 e. The highest BCUT2D eigenvalue weighted by Gasteiger charge is 2.34. The fourth-order valence-corrected chi connectivity index (χ4v) is 4.67. The fourth-order valence-electron chi connectivity index (χ4n) is 4.67. The average Bonchev–Trinajstić information content (AvgIpc) is 3.16. The van der Waals surface area contributed by atoms with Crippen molar-refractivity contribution in [3.05, 3.63) is 46.8 Å². The Bertz CT molecular complexity index is 1060. The van der Waals surface area contributed by atoms with Gasteiger partial charge in [0, 0.05) is 63.7 Å². The van der Waals surface area contributed by atoms with Gasteiger partial charge in [0.25, 0.3) is 5.91 Å². The van der Waals surface area contributed by atoms with E-state index in [1.165, 1.54) is 7.11 Å². The van der Waals surface area contributed by atoms with E-state index in [2.05, 4.69) is 10.4 Å². The minimum absolute atomic E-state index is 0.0165. The molecule has 4 rings (SSSR count). The Morgan fingerprint density at radius 2 is 1.97 bits per heavy atom. The van der Waals surface area contributed by atoms with Gasteiger partial charge in [-0.3, -0.25) is 19.1 Å². The van der Waals surface area contributed by atoms with Gasteiger partial charge in [0.1, 0.15) is 6.61 Å². The molecule has 1 unspecified atom stereocenters. The highest BCUT2D eigenvalue weighted by atomic mass is 16.5. The lowest BCUT2D eigenvalue weighted by atomic mass is 9.96. The molecular formula is C24H31N5O4. The van der Waals surface area contributed by atoms with Crippen LogP contribution < -0.4 is 5.32 Å². The maximum atomic E-state index is 13.5. The minimum atomic E-state index is -0.276. The van der Waals surface area contributed by atoms with E-state index in [1.54, 1.807) is 14.5 Å². The van der Waals surface area contributed by atoms with Crippen molar-refractivity contribution in [2.24, 2.45) is 13.0 Å². The van der Waals surface area contributed by atoms with Crippen molar-refractivity contribution in [2.75, 3.05) is 38.7 Å². The van der Waals surface area contributed by atoms with E-state index >= 15 is 0 Å². The van der Waals surface area contributed by atoms with Crippen molar-refractivity contribution in [2.45, 2.75) is 32.7 Å². The molecular weight excluding hydrogens is 422 g/mol. The number of anilines is 1. The third-order valence-electron chi connectivity index (χ3n) is 6.55. The van der Waals surface area contributed by atoms with E-state index in [9.17, 15) is 14.4 Å². The van der Waals surface area contributed by atoms with Gasteiger partial charge in [0.2, 0.25) is 11.8 Å². The van der Waals surface area contributed by atoms with Gasteiger partial charge in [0.15, 0.2) is 5.69 Å². The maximum Gasteiger partial charge on any atom is 0.274 e. The average molecular weight is 454 g/mol. The minimum Gasteiger partial charge on any atom is -0.375 e. The van der Waals surface area contributed by atoms with Crippen molar-refractivity contribution >= 4 is 23.4 Å². The SMILES string of the molecule is COCC(=O)N1CCc2c(c(C(=O)N3CCCC(C(=O)Nc4ccccc4C)C3)nn2C)C1. The molecule has 1 saturated heterocycles. The second kappa shape index (κ2) is 9.74. The van der Waals surface area contributed by atoms with Gasteiger partial charge in [0.05, 0.1) is 5.92 Å². The molecule has 2 aromatic rings. The molecule has 2 aliphatic heterocycles. The number of nitrogens with one attached hydrogen (secondary N) is 1. The number of aromatic nitrogens is 2. The molecule has 0 spiro atoms. The van der Waals surface area contributed by atoms with Gasteiger partial charge >= 0.3 is 0 Å². The van der Waals surface area contributed by atoms with Crippen molar-refractivity contribution in [3.8, 4) is 0 Å². The summed E-state index contributed by atoms with van der Waals surface area (Å²) in [6.45, 7) is 3.84. The number of hydrogen-bond donors (Lipinski definition) is 1. The number of nitrogens with zero attached hydrogens (tertiary/aromatic N) is 4. The first-order valence-electron chi connectivity index (χ1n) is 11.4. The second-order valence-electron chi connectivity index (χ2n) is 8.79. The van der Waals surface area contributed by atoms with Crippen LogP contribution in [0, 0.1) is 12.8 Å². The monoisotopic (exact) mass is 453 g/mol. The molecule has 1 fully saturated rings. The number of fused-ring (bicyclic) bond motifs is 1. The third kappa shape index (κ3) is 4.78. The molecule has 0 saturated carbocycles. The molecule has 33 heavy (non-hydrogen) atoms. The predicted octanol–water partition coefficient (Wildman–Crippen LogP) is 1.75. The molecule has 2 aliphatic rings. The number of hydrogen-bond acceptors (Lipinski definition) is 5. The first kappa shape index (κ1) is 23.0. The van der Waals surface area contributed by atoms with Gasteiger partial charge in [-0.05, 0) is 31.4 Å². The zero-order valence-electron chi connectivity index (χ0n) is 19.5. The lowest BCUT2D eigenvalue weighted by Gasteiger charge is -2.32. The molecule has 0 radical (unpaired) electrons. The molecule has 0 aliphatic carbocycles. The summed E-state index contributed by atoms with van der Waals surface area (Å²) in [5, 5.41) is 7.52. The molecule has 176 valence electrons. The summed E-state index contributed by atoms with van der Waals surface area (Å²) in [6, 6.07) is 7.67. The molecule has 0 bridgehead atoms. The molecule has 3 heterocycles. The Labute approximate surface area is 193 Å². The Morgan fingerprint density at radius 1 is 1.18 bits per heavy atom. The summed E-state index contributed by atoms with van der Waals surface area (Å²) < 4.78 is 6.73. The van der Waals surface area contributed by atoms with Gasteiger partial charge in [-0.2, -0.15) is 5.10 Å². The van der Waals surface area contributed by atoms with Crippen LogP contribution in [0.4, 0.5) is 5.69 Å². The van der Waals surface area contributed by atoms with Crippen LogP contribution in [0.1, 0.15) is 40.2 Å². The van der Waals surface area contributed by atoms with Crippen LogP contribution in [-0.2, 0) is 34.3 Å². The lowest BCUT2D eigenvalue weighted by Crippen LogP contribution is -2.44. The summed E-state index contributed by atoms with van der Waals surface area (Å²) in [5.74, 6) is -0.625. The number of carbonyl (C=O) groups is 3. The van der Waals surface area contributed by atoms with Crippen LogP contribution in [0.2, 0.25) is 0 Å². The fraction of sp³-hybridized carbons (Fsp3) is 0.500. The van der Waals surface area contributed by atoms with E-state index in [-0.39, 0.29) is 30.2 Å². The van der Waals surface area contributed by atoms with Crippen molar-refractivity contribution in [3.63, 3.8) is 0 Å². The van der Waals surface area contributed by atoms with E-state index in [1.807, 2.05) is 38.2 Å². The topological polar surface area (TPSA) is 96.8 Å². The second-order valence-corrected chi connectivity index (χ2v) is 8.79. The van der Waals surface area contributed by atoms with E-state index < -0.39 is 0 Å². The Kier molecular flexibility index (Phi) is 6.78.